The Bertz CT molecular complexity index is 402. The van der Waals surface area contributed by atoms with E-state index in [9.17, 15) is 0 Å². The van der Waals surface area contributed by atoms with Crippen LogP contribution < -0.4 is 0 Å². The lowest BCUT2D eigenvalue weighted by atomic mass is 10.0. The van der Waals surface area contributed by atoms with Gasteiger partial charge >= 0.3 is 0 Å². The van der Waals surface area contributed by atoms with Crippen molar-refractivity contribution in [2.24, 2.45) is 0 Å². The van der Waals surface area contributed by atoms with Gasteiger partial charge in [0.2, 0.25) is 5.31 Å². The summed E-state index contributed by atoms with van der Waals surface area (Å²) in [6.45, 7) is 4.61. The molecule has 0 aliphatic rings. The van der Waals surface area contributed by atoms with Gasteiger partial charge in [0, 0.05) is 0 Å². The molecule has 0 amide bonds. The lowest BCUT2D eigenvalue weighted by molar-refractivity contribution is 0.531. The van der Waals surface area contributed by atoms with E-state index >= 15 is 0 Å². The fraction of sp³-hybridized carbons (Fsp3) is 1.00. The maximum absolute atomic E-state index is 4.13. The molecule has 0 aromatic carbocycles. The molecule has 3 heteroatoms. The quantitative estimate of drug-likeness (QED) is 0.0357. The van der Waals surface area contributed by atoms with Gasteiger partial charge in [0.1, 0.15) is 0 Å². The van der Waals surface area contributed by atoms with Crippen LogP contribution >= 0.6 is 30.6 Å². The van der Waals surface area contributed by atoms with Crippen LogP contribution in [0.4, 0.5) is 0 Å². The predicted molar refractivity (Wildman–Crippen MR) is 192 cm³/mol. The van der Waals surface area contributed by atoms with E-state index in [0.29, 0.717) is 0 Å². The van der Waals surface area contributed by atoms with Gasteiger partial charge in [-0.15, -0.1) is 30.6 Å². The third-order valence-electron chi connectivity index (χ3n) is 8.79. The molecule has 0 aromatic heterocycles. The summed E-state index contributed by atoms with van der Waals surface area (Å²) < 4.78 is 0. The summed E-state index contributed by atoms with van der Waals surface area (Å²) in [5.41, 5.74) is 0. The lowest BCUT2D eigenvalue weighted by Crippen LogP contribution is -2.16. The Morgan fingerprint density at radius 3 is 0.590 bits per heavy atom. The van der Waals surface area contributed by atoms with E-state index in [4.69, 9.17) is 0 Å². The molecule has 0 aliphatic heterocycles. The molecule has 0 aliphatic carbocycles. The molecule has 0 heterocycles. The molecule has 39 heavy (non-hydrogen) atoms. The third-order valence-corrected chi connectivity index (χ3v) is 15.7. The molecule has 0 radical (unpaired) electrons. The summed E-state index contributed by atoms with van der Waals surface area (Å²) in [5, 5.41) is -1.29. The number of halogens is 2. The molecule has 0 N–H and O–H groups in total. The maximum atomic E-state index is 4.13. The number of hydrogen-bond acceptors (Lipinski definition) is 0. The highest BCUT2D eigenvalue weighted by Crippen LogP contribution is 2.34. The Labute approximate surface area is 266 Å². The highest BCUT2D eigenvalue weighted by Gasteiger charge is 2.24. The minimum Gasteiger partial charge on any atom is -0.111 e. The molecular formula is C36H74Br2Si. The Hall–Kier alpha value is 1.18. The molecule has 0 rings (SSSR count). The second-order valence-electron chi connectivity index (χ2n) is 13.0. The first-order valence-electron chi connectivity index (χ1n) is 18.5. The minimum atomic E-state index is -1.29. The van der Waals surface area contributed by atoms with Gasteiger partial charge in [-0.2, -0.15) is 0 Å². The van der Waals surface area contributed by atoms with Crippen molar-refractivity contribution in [2.75, 3.05) is 0 Å². The van der Waals surface area contributed by atoms with E-state index in [1.165, 1.54) is 218 Å². The van der Waals surface area contributed by atoms with E-state index in [0.717, 1.165) is 0 Å². The largest absolute Gasteiger partial charge is 0.201 e. The molecule has 0 saturated heterocycles. The topological polar surface area (TPSA) is 0 Å². The van der Waals surface area contributed by atoms with Crippen LogP contribution in [0.15, 0.2) is 0 Å². The van der Waals surface area contributed by atoms with Gasteiger partial charge in [-0.05, 0) is 12.1 Å². The smallest absolute Gasteiger partial charge is 0.111 e. The zero-order valence-corrected chi connectivity index (χ0v) is 31.5. The number of unbranched alkanes of at least 4 members (excludes halogenated alkanes) is 30. The van der Waals surface area contributed by atoms with Crippen LogP contribution in [0.25, 0.3) is 0 Å². The van der Waals surface area contributed by atoms with Gasteiger partial charge in [-0.3, -0.25) is 0 Å². The third kappa shape index (κ3) is 35.3. The zero-order valence-electron chi connectivity index (χ0n) is 27.3. The Balaban J connectivity index is 3.26. The summed E-state index contributed by atoms with van der Waals surface area (Å²) in [4.78, 5) is 0. The molecular weight excluding hydrogens is 620 g/mol. The SMILES string of the molecule is CCCCCCCCCCCCCCCCCC[Si](Br)(Br)CCCCCCCCCCCCCCCCCC. The zero-order chi connectivity index (χ0) is 28.5. The highest BCUT2D eigenvalue weighted by atomic mass is 79.9. The van der Waals surface area contributed by atoms with Gasteiger partial charge in [-0.25, -0.2) is 0 Å². The molecule has 0 fully saturated rings. The molecule has 0 bridgehead atoms. The van der Waals surface area contributed by atoms with Crippen molar-refractivity contribution in [3.05, 3.63) is 0 Å². The van der Waals surface area contributed by atoms with Crippen molar-refractivity contribution in [2.45, 2.75) is 231 Å². The molecule has 0 atom stereocenters. The summed E-state index contributed by atoms with van der Waals surface area (Å²) >= 11 is 8.25. The average molecular weight is 695 g/mol. The molecule has 236 valence electrons. The van der Waals surface area contributed by atoms with Crippen LogP contribution in [0.2, 0.25) is 12.1 Å². The maximum Gasteiger partial charge on any atom is 0.201 e. The van der Waals surface area contributed by atoms with Crippen molar-refractivity contribution in [1.82, 2.24) is 0 Å². The first-order valence-corrected chi connectivity index (χ1v) is 25.4. The standard InChI is InChI=1S/C36H74Br2Si/c1-3-5-7-9-11-13-15-17-19-21-23-25-27-29-31-33-35-39(37,38)36-34-32-30-28-26-24-22-20-18-16-14-12-10-8-6-4-2/h3-36H2,1-2H3. The van der Waals surface area contributed by atoms with Crippen LogP contribution in [0, 0.1) is 0 Å². The summed E-state index contributed by atoms with van der Waals surface area (Å²) in [6, 6.07) is 2.84. The van der Waals surface area contributed by atoms with E-state index in [1.807, 2.05) is 0 Å². The summed E-state index contributed by atoms with van der Waals surface area (Å²) in [5.74, 6) is 0. The van der Waals surface area contributed by atoms with Crippen LogP contribution in [-0.2, 0) is 0 Å². The fourth-order valence-corrected chi connectivity index (χ4v) is 11.1. The Morgan fingerprint density at radius 1 is 0.256 bits per heavy atom. The van der Waals surface area contributed by atoms with Crippen LogP contribution in [0.3, 0.4) is 0 Å². The van der Waals surface area contributed by atoms with Gasteiger partial charge in [-0.1, -0.05) is 219 Å². The molecule has 0 spiro atoms. The van der Waals surface area contributed by atoms with Crippen LogP contribution in [0.5, 0.6) is 0 Å². The Kier molecular flexibility index (Phi) is 34.7. The van der Waals surface area contributed by atoms with Crippen LogP contribution in [0.1, 0.15) is 219 Å². The van der Waals surface area contributed by atoms with Gasteiger partial charge in [0.25, 0.3) is 0 Å². The van der Waals surface area contributed by atoms with Crippen molar-refractivity contribution >= 4 is 35.9 Å². The van der Waals surface area contributed by atoms with E-state index in [2.05, 4.69) is 44.4 Å². The first-order chi connectivity index (χ1) is 19.1. The number of rotatable bonds is 34. The van der Waals surface area contributed by atoms with Crippen molar-refractivity contribution in [3.8, 4) is 0 Å². The predicted octanol–water partition coefficient (Wildman–Crippen LogP) is 15.7. The van der Waals surface area contributed by atoms with E-state index in [-0.39, 0.29) is 0 Å². The fourth-order valence-electron chi connectivity index (χ4n) is 5.99. The van der Waals surface area contributed by atoms with Crippen LogP contribution in [-0.4, -0.2) is 5.31 Å². The monoisotopic (exact) mass is 692 g/mol. The van der Waals surface area contributed by atoms with Gasteiger partial charge < -0.3 is 0 Å². The lowest BCUT2D eigenvalue weighted by Gasteiger charge is -2.17. The summed E-state index contributed by atoms with van der Waals surface area (Å²) in [7, 11) is 0. The second kappa shape index (κ2) is 33.7. The Morgan fingerprint density at radius 2 is 0.410 bits per heavy atom. The van der Waals surface area contributed by atoms with Crippen molar-refractivity contribution in [1.29, 1.82) is 0 Å². The normalized spacial score (nSPS) is 12.0. The number of hydrogen-bond donors (Lipinski definition) is 0. The van der Waals surface area contributed by atoms with E-state index < -0.39 is 5.31 Å². The molecule has 0 saturated carbocycles. The summed E-state index contributed by atoms with van der Waals surface area (Å²) in [6.07, 6.45) is 46.8. The minimum absolute atomic E-state index is 1.29. The van der Waals surface area contributed by atoms with E-state index in [1.54, 1.807) is 0 Å². The average Bonchev–Trinajstić information content (AvgIpc) is 2.92. The van der Waals surface area contributed by atoms with Crippen molar-refractivity contribution < 1.29 is 0 Å². The highest BCUT2D eigenvalue weighted by molar-refractivity contribution is 9.51. The van der Waals surface area contributed by atoms with Gasteiger partial charge in [0.15, 0.2) is 0 Å². The molecule has 0 unspecified atom stereocenters. The second-order valence-corrected chi connectivity index (χ2v) is 28.0. The molecule has 0 nitrogen and oxygen atoms in total. The molecule has 0 aromatic rings. The first kappa shape index (κ1) is 40.2. The van der Waals surface area contributed by atoms with Crippen molar-refractivity contribution in [3.63, 3.8) is 0 Å². The van der Waals surface area contributed by atoms with Gasteiger partial charge in [0.05, 0.1) is 0 Å².